The van der Waals surface area contributed by atoms with E-state index >= 15 is 0 Å². The minimum Gasteiger partial charge on any atom is -0.368 e. The van der Waals surface area contributed by atoms with E-state index in [0.717, 1.165) is 22.4 Å². The van der Waals surface area contributed by atoms with E-state index in [1.807, 2.05) is 24.3 Å². The Morgan fingerprint density at radius 1 is 1.11 bits per heavy atom. The molecule has 5 nitrogen and oxygen atoms in total. The number of nitrogens with two attached hydrogens (primary N) is 1. The Bertz CT molecular complexity index is 736. The highest BCUT2D eigenvalue weighted by atomic mass is 15.4. The van der Waals surface area contributed by atoms with E-state index in [-0.39, 0.29) is 5.41 Å². The van der Waals surface area contributed by atoms with Crippen LogP contribution in [0.3, 0.4) is 0 Å². The zero-order chi connectivity index (χ0) is 12.9. The number of hydrogen-bond donors (Lipinski definition) is 1. The lowest BCUT2D eigenvalue weighted by molar-refractivity contribution is 0.545. The van der Waals surface area contributed by atoms with Crippen molar-refractivity contribution < 1.29 is 0 Å². The van der Waals surface area contributed by atoms with E-state index in [1.165, 1.54) is 0 Å². The number of anilines is 1. The Morgan fingerprint density at radius 2 is 1.83 bits per heavy atom. The molecule has 0 radical (unpaired) electrons. The van der Waals surface area contributed by atoms with Gasteiger partial charge in [-0.3, -0.25) is 0 Å². The third kappa shape index (κ3) is 1.51. The summed E-state index contributed by atoms with van der Waals surface area (Å²) >= 11 is 0. The first-order valence-electron chi connectivity index (χ1n) is 5.88. The van der Waals surface area contributed by atoms with Gasteiger partial charge in [-0.05, 0) is 12.1 Å². The van der Waals surface area contributed by atoms with Crippen LogP contribution in [0.15, 0.2) is 24.3 Å². The van der Waals surface area contributed by atoms with Crippen molar-refractivity contribution in [2.45, 2.75) is 26.2 Å². The predicted molar refractivity (Wildman–Crippen MR) is 71.4 cm³/mol. The van der Waals surface area contributed by atoms with Crippen LogP contribution in [0.5, 0.6) is 0 Å². The molecule has 0 aliphatic rings. The van der Waals surface area contributed by atoms with Gasteiger partial charge >= 0.3 is 0 Å². The summed E-state index contributed by atoms with van der Waals surface area (Å²) in [4.78, 5) is 8.94. The molecule has 1 aromatic carbocycles. The molecule has 0 unspecified atom stereocenters. The number of para-hydroxylation sites is 1. The molecular formula is C13H15N5. The summed E-state index contributed by atoms with van der Waals surface area (Å²) < 4.78 is 1.61. The molecule has 0 spiro atoms. The van der Waals surface area contributed by atoms with Crippen molar-refractivity contribution >= 4 is 22.5 Å². The molecule has 92 valence electrons. The molecule has 2 heterocycles. The first-order valence-corrected chi connectivity index (χ1v) is 5.88. The molecule has 5 heteroatoms. The topological polar surface area (TPSA) is 69.1 Å². The molecule has 0 aliphatic heterocycles. The van der Waals surface area contributed by atoms with Crippen LogP contribution in [0, 0.1) is 0 Å². The van der Waals surface area contributed by atoms with E-state index < -0.39 is 0 Å². The number of aromatic nitrogens is 4. The highest BCUT2D eigenvalue weighted by molar-refractivity contribution is 5.92. The number of hydrogen-bond acceptors (Lipinski definition) is 4. The second-order valence-electron chi connectivity index (χ2n) is 5.41. The Kier molecular flexibility index (Phi) is 2.08. The highest BCUT2D eigenvalue weighted by Gasteiger charge is 2.21. The highest BCUT2D eigenvalue weighted by Crippen LogP contribution is 2.23. The quantitative estimate of drug-likeness (QED) is 0.654. The summed E-state index contributed by atoms with van der Waals surface area (Å²) in [5.41, 5.74) is 7.43. The maximum Gasteiger partial charge on any atom is 0.223 e. The fraction of sp³-hybridized carbons (Fsp3) is 0.308. The van der Waals surface area contributed by atoms with Gasteiger partial charge in [0.15, 0.2) is 11.5 Å². The van der Waals surface area contributed by atoms with E-state index in [4.69, 9.17) is 5.73 Å². The van der Waals surface area contributed by atoms with Crippen molar-refractivity contribution in [2.24, 2.45) is 0 Å². The molecule has 0 aliphatic carbocycles. The van der Waals surface area contributed by atoms with Crippen molar-refractivity contribution in [3.05, 3.63) is 30.1 Å². The van der Waals surface area contributed by atoms with Crippen LogP contribution >= 0.6 is 0 Å². The lowest BCUT2D eigenvalue weighted by Gasteiger charge is -2.11. The van der Waals surface area contributed by atoms with Crippen molar-refractivity contribution in [1.82, 2.24) is 19.6 Å². The largest absolute Gasteiger partial charge is 0.368 e. The lowest BCUT2D eigenvalue weighted by Crippen LogP contribution is -2.13. The van der Waals surface area contributed by atoms with Gasteiger partial charge in [0.2, 0.25) is 5.95 Å². The van der Waals surface area contributed by atoms with Crippen LogP contribution in [0.25, 0.3) is 16.6 Å². The predicted octanol–water partition coefficient (Wildman–Crippen LogP) is 2.16. The molecule has 2 aromatic heterocycles. The standard InChI is InChI=1S/C13H15N5/c1-13(2,3)11-16-10-8-6-4-5-7-9(8)15-12(14)18(10)17-11/h4-7H,1-3H3,(H2,14,15). The fourth-order valence-electron chi connectivity index (χ4n) is 1.89. The van der Waals surface area contributed by atoms with Gasteiger partial charge in [-0.15, -0.1) is 5.10 Å². The van der Waals surface area contributed by atoms with Gasteiger partial charge in [0.05, 0.1) is 5.52 Å². The maximum absolute atomic E-state index is 5.93. The molecule has 0 atom stereocenters. The molecule has 0 bridgehead atoms. The number of nitrogen functional groups attached to an aromatic ring is 1. The summed E-state index contributed by atoms with van der Waals surface area (Å²) in [5, 5.41) is 5.42. The van der Waals surface area contributed by atoms with Gasteiger partial charge in [0.25, 0.3) is 0 Å². The summed E-state index contributed by atoms with van der Waals surface area (Å²) in [5.74, 6) is 1.14. The number of fused-ring (bicyclic) bond motifs is 3. The number of rotatable bonds is 0. The zero-order valence-corrected chi connectivity index (χ0v) is 10.7. The van der Waals surface area contributed by atoms with Crippen LogP contribution in [-0.2, 0) is 5.41 Å². The lowest BCUT2D eigenvalue weighted by atomic mass is 9.96. The van der Waals surface area contributed by atoms with Gasteiger partial charge in [0, 0.05) is 10.8 Å². The third-order valence-corrected chi connectivity index (χ3v) is 2.87. The molecule has 3 rings (SSSR count). The van der Waals surface area contributed by atoms with Crippen molar-refractivity contribution in [3.8, 4) is 0 Å². The molecule has 0 saturated carbocycles. The van der Waals surface area contributed by atoms with Crippen LogP contribution in [0.2, 0.25) is 0 Å². The Balaban J connectivity index is 2.45. The first kappa shape index (κ1) is 11.0. The second kappa shape index (κ2) is 3.41. The number of benzene rings is 1. The van der Waals surface area contributed by atoms with Crippen LogP contribution in [0.1, 0.15) is 26.6 Å². The minimum absolute atomic E-state index is 0.112. The Labute approximate surface area is 105 Å². The summed E-state index contributed by atoms with van der Waals surface area (Å²) in [6.07, 6.45) is 0. The zero-order valence-electron chi connectivity index (χ0n) is 10.7. The number of nitrogens with zero attached hydrogens (tertiary/aromatic N) is 4. The normalized spacial score (nSPS) is 12.4. The van der Waals surface area contributed by atoms with Crippen molar-refractivity contribution in [1.29, 1.82) is 0 Å². The van der Waals surface area contributed by atoms with E-state index in [1.54, 1.807) is 4.52 Å². The van der Waals surface area contributed by atoms with Crippen molar-refractivity contribution in [3.63, 3.8) is 0 Å². The first-order chi connectivity index (χ1) is 8.47. The fourth-order valence-corrected chi connectivity index (χ4v) is 1.89. The molecule has 2 N–H and O–H groups in total. The van der Waals surface area contributed by atoms with E-state index in [0.29, 0.717) is 5.95 Å². The molecular weight excluding hydrogens is 226 g/mol. The van der Waals surface area contributed by atoms with Gasteiger partial charge in [-0.2, -0.15) is 4.52 Å². The summed E-state index contributed by atoms with van der Waals surface area (Å²) in [6.45, 7) is 6.23. The van der Waals surface area contributed by atoms with E-state index in [9.17, 15) is 0 Å². The van der Waals surface area contributed by atoms with Crippen LogP contribution < -0.4 is 5.73 Å². The van der Waals surface area contributed by atoms with E-state index in [2.05, 4.69) is 35.8 Å². The molecule has 0 saturated heterocycles. The average molecular weight is 241 g/mol. The summed E-state index contributed by atoms with van der Waals surface area (Å²) in [6, 6.07) is 7.81. The molecule has 0 fully saturated rings. The van der Waals surface area contributed by atoms with Crippen LogP contribution in [0.4, 0.5) is 5.95 Å². The Hall–Kier alpha value is -2.17. The second-order valence-corrected chi connectivity index (χ2v) is 5.41. The van der Waals surface area contributed by atoms with Gasteiger partial charge < -0.3 is 5.73 Å². The maximum atomic E-state index is 5.93. The van der Waals surface area contributed by atoms with Crippen molar-refractivity contribution in [2.75, 3.05) is 5.73 Å². The van der Waals surface area contributed by atoms with Crippen LogP contribution in [-0.4, -0.2) is 19.6 Å². The average Bonchev–Trinajstić information content (AvgIpc) is 2.74. The molecule has 3 aromatic rings. The Morgan fingerprint density at radius 3 is 2.56 bits per heavy atom. The van der Waals surface area contributed by atoms with Gasteiger partial charge in [-0.1, -0.05) is 32.9 Å². The molecule has 0 amide bonds. The van der Waals surface area contributed by atoms with Gasteiger partial charge in [-0.25, -0.2) is 9.97 Å². The summed E-state index contributed by atoms with van der Waals surface area (Å²) in [7, 11) is 0. The minimum atomic E-state index is -0.112. The smallest absolute Gasteiger partial charge is 0.223 e. The molecule has 18 heavy (non-hydrogen) atoms. The monoisotopic (exact) mass is 241 g/mol. The van der Waals surface area contributed by atoms with Gasteiger partial charge in [0.1, 0.15) is 0 Å². The third-order valence-electron chi connectivity index (χ3n) is 2.87. The SMILES string of the molecule is CC(C)(C)c1nc2c3ccccc3nc(N)n2n1.